The normalized spacial score (nSPS) is 21.3. The van der Waals surface area contributed by atoms with Gasteiger partial charge in [-0.15, -0.1) is 0 Å². The van der Waals surface area contributed by atoms with Gasteiger partial charge in [0.15, 0.2) is 5.13 Å². The summed E-state index contributed by atoms with van der Waals surface area (Å²) in [4.78, 5) is 7.76. The van der Waals surface area contributed by atoms with Crippen LogP contribution in [-0.4, -0.2) is 17.1 Å². The van der Waals surface area contributed by atoms with E-state index in [1.54, 1.807) is 0 Å². The summed E-state index contributed by atoms with van der Waals surface area (Å²) in [6.45, 7) is 0. The zero-order chi connectivity index (χ0) is 14.8. The highest BCUT2D eigenvalue weighted by molar-refractivity contribution is 7.22. The molecule has 2 saturated carbocycles. The molecule has 2 nitrogen and oxygen atoms in total. The van der Waals surface area contributed by atoms with Crippen molar-refractivity contribution in [2.45, 2.75) is 76.3 Å². The van der Waals surface area contributed by atoms with E-state index in [1.165, 1.54) is 79.6 Å². The quantitative estimate of drug-likeness (QED) is 0.715. The van der Waals surface area contributed by atoms with Crippen LogP contribution in [0.4, 0.5) is 5.13 Å². The number of hydrogen-bond acceptors (Lipinski definition) is 3. The van der Waals surface area contributed by atoms with E-state index >= 15 is 0 Å². The van der Waals surface area contributed by atoms with Crippen molar-refractivity contribution in [2.75, 3.05) is 4.90 Å². The van der Waals surface area contributed by atoms with Crippen molar-refractivity contribution in [3.63, 3.8) is 0 Å². The van der Waals surface area contributed by atoms with Gasteiger partial charge in [0.05, 0.1) is 10.2 Å². The van der Waals surface area contributed by atoms with E-state index in [-0.39, 0.29) is 0 Å². The fourth-order valence-electron chi connectivity index (χ4n) is 4.30. The molecule has 2 fully saturated rings. The molecular weight excluding hydrogens is 288 g/mol. The van der Waals surface area contributed by atoms with Crippen LogP contribution in [0.3, 0.4) is 0 Å². The van der Waals surface area contributed by atoms with Crippen molar-refractivity contribution >= 4 is 26.7 Å². The molecule has 0 unspecified atom stereocenters. The number of para-hydroxylation sites is 1. The molecule has 1 heterocycles. The first-order valence-corrected chi connectivity index (χ1v) is 9.87. The maximum Gasteiger partial charge on any atom is 0.186 e. The van der Waals surface area contributed by atoms with Gasteiger partial charge in [0.25, 0.3) is 0 Å². The Morgan fingerprint density at radius 1 is 0.818 bits per heavy atom. The van der Waals surface area contributed by atoms with Crippen molar-refractivity contribution in [2.24, 2.45) is 0 Å². The van der Waals surface area contributed by atoms with Gasteiger partial charge in [-0.3, -0.25) is 0 Å². The van der Waals surface area contributed by atoms with Crippen molar-refractivity contribution in [1.82, 2.24) is 4.98 Å². The summed E-state index contributed by atoms with van der Waals surface area (Å²) in [5, 5.41) is 1.29. The van der Waals surface area contributed by atoms with Crippen LogP contribution in [0.15, 0.2) is 24.3 Å². The minimum atomic E-state index is 0.734. The lowest BCUT2D eigenvalue weighted by Gasteiger charge is -2.41. The van der Waals surface area contributed by atoms with Crippen LogP contribution >= 0.6 is 11.3 Å². The van der Waals surface area contributed by atoms with Crippen molar-refractivity contribution in [3.05, 3.63) is 24.3 Å². The van der Waals surface area contributed by atoms with Crippen LogP contribution in [0.2, 0.25) is 0 Å². The van der Waals surface area contributed by atoms with Gasteiger partial charge in [-0.1, -0.05) is 62.0 Å². The van der Waals surface area contributed by atoms with Crippen LogP contribution in [-0.2, 0) is 0 Å². The average molecular weight is 314 g/mol. The summed E-state index contributed by atoms with van der Waals surface area (Å²) in [6.07, 6.45) is 13.9. The molecule has 4 rings (SSSR count). The molecule has 2 aliphatic carbocycles. The minimum Gasteiger partial charge on any atom is -0.342 e. The third kappa shape index (κ3) is 2.88. The summed E-state index contributed by atoms with van der Waals surface area (Å²) in [5.41, 5.74) is 1.18. The van der Waals surface area contributed by atoms with Gasteiger partial charge in [0, 0.05) is 12.1 Å². The molecule has 3 heteroatoms. The van der Waals surface area contributed by atoms with Crippen LogP contribution in [0.25, 0.3) is 10.2 Å². The number of hydrogen-bond donors (Lipinski definition) is 0. The number of fused-ring (bicyclic) bond motifs is 1. The molecule has 0 saturated heterocycles. The Balaban J connectivity index is 1.68. The van der Waals surface area contributed by atoms with E-state index < -0.39 is 0 Å². The van der Waals surface area contributed by atoms with Gasteiger partial charge in [-0.2, -0.15) is 0 Å². The van der Waals surface area contributed by atoms with Crippen molar-refractivity contribution < 1.29 is 0 Å². The minimum absolute atomic E-state index is 0.734. The highest BCUT2D eigenvalue weighted by atomic mass is 32.1. The molecule has 2 aromatic rings. The Kier molecular flexibility index (Phi) is 4.33. The third-order valence-corrected chi connectivity index (χ3v) is 6.49. The third-order valence-electron chi connectivity index (χ3n) is 5.44. The lowest BCUT2D eigenvalue weighted by atomic mass is 9.89. The summed E-state index contributed by atoms with van der Waals surface area (Å²) in [7, 11) is 0. The lowest BCUT2D eigenvalue weighted by Crippen LogP contribution is -2.45. The maximum atomic E-state index is 5.01. The zero-order valence-corrected chi connectivity index (χ0v) is 14.2. The lowest BCUT2D eigenvalue weighted by molar-refractivity contribution is 0.339. The van der Waals surface area contributed by atoms with Crippen LogP contribution < -0.4 is 4.90 Å². The smallest absolute Gasteiger partial charge is 0.186 e. The predicted molar refractivity (Wildman–Crippen MR) is 95.8 cm³/mol. The fraction of sp³-hybridized carbons (Fsp3) is 0.632. The van der Waals surface area contributed by atoms with Gasteiger partial charge in [0.2, 0.25) is 0 Å². The molecule has 0 bridgehead atoms. The number of anilines is 1. The highest BCUT2D eigenvalue weighted by Crippen LogP contribution is 2.38. The second-order valence-corrected chi connectivity index (χ2v) is 7.96. The maximum absolute atomic E-state index is 5.01. The molecule has 0 aliphatic heterocycles. The number of thiazole rings is 1. The second kappa shape index (κ2) is 6.57. The van der Waals surface area contributed by atoms with Gasteiger partial charge in [-0.05, 0) is 37.8 Å². The molecule has 0 N–H and O–H groups in total. The van der Waals surface area contributed by atoms with E-state index in [2.05, 4.69) is 29.2 Å². The molecule has 1 aromatic carbocycles. The first-order valence-electron chi connectivity index (χ1n) is 9.06. The number of nitrogens with zero attached hydrogens (tertiary/aromatic N) is 2. The van der Waals surface area contributed by atoms with Crippen LogP contribution in [0.5, 0.6) is 0 Å². The molecule has 0 atom stereocenters. The van der Waals surface area contributed by atoms with Gasteiger partial charge < -0.3 is 4.90 Å². The summed E-state index contributed by atoms with van der Waals surface area (Å²) >= 11 is 1.91. The number of aromatic nitrogens is 1. The molecular formula is C19H26N2S. The first kappa shape index (κ1) is 14.5. The Morgan fingerprint density at radius 3 is 2.00 bits per heavy atom. The molecule has 0 amide bonds. The number of rotatable bonds is 3. The van der Waals surface area contributed by atoms with Crippen LogP contribution in [0.1, 0.15) is 64.2 Å². The Labute approximate surface area is 137 Å². The van der Waals surface area contributed by atoms with Gasteiger partial charge in [-0.25, -0.2) is 4.98 Å². The molecule has 22 heavy (non-hydrogen) atoms. The van der Waals surface area contributed by atoms with Crippen molar-refractivity contribution in [3.8, 4) is 0 Å². The van der Waals surface area contributed by atoms with E-state index in [4.69, 9.17) is 4.98 Å². The van der Waals surface area contributed by atoms with Gasteiger partial charge >= 0.3 is 0 Å². The average Bonchev–Trinajstić information content (AvgIpc) is 3.00. The SMILES string of the molecule is c1ccc2sc(N(C3CCCCC3)C3CCCCC3)nc2c1. The summed E-state index contributed by atoms with van der Waals surface area (Å²) < 4.78 is 1.34. The monoisotopic (exact) mass is 314 g/mol. The van der Waals surface area contributed by atoms with E-state index in [0.717, 1.165) is 12.1 Å². The van der Waals surface area contributed by atoms with E-state index in [9.17, 15) is 0 Å². The largest absolute Gasteiger partial charge is 0.342 e. The summed E-state index contributed by atoms with van der Waals surface area (Å²) in [6, 6.07) is 10.1. The Bertz CT molecular complexity index is 558. The highest BCUT2D eigenvalue weighted by Gasteiger charge is 2.30. The molecule has 1 aromatic heterocycles. The van der Waals surface area contributed by atoms with E-state index in [0.29, 0.717) is 0 Å². The molecule has 118 valence electrons. The fourth-order valence-corrected chi connectivity index (χ4v) is 5.41. The summed E-state index contributed by atoms with van der Waals surface area (Å²) in [5.74, 6) is 0. The topological polar surface area (TPSA) is 16.1 Å². The Hall–Kier alpha value is -1.09. The zero-order valence-electron chi connectivity index (χ0n) is 13.3. The second-order valence-electron chi connectivity index (χ2n) is 6.96. The first-order chi connectivity index (χ1) is 10.9. The molecule has 0 radical (unpaired) electrons. The predicted octanol–water partition coefficient (Wildman–Crippen LogP) is 5.77. The van der Waals surface area contributed by atoms with Gasteiger partial charge in [0.1, 0.15) is 0 Å². The standard InChI is InChI=1S/C19H26N2S/c1-3-9-15(10-4-1)21(16-11-5-2-6-12-16)19-20-17-13-7-8-14-18(17)22-19/h7-8,13-16H,1-6,9-12H2. The van der Waals surface area contributed by atoms with E-state index in [1.807, 2.05) is 11.3 Å². The number of benzene rings is 1. The van der Waals surface area contributed by atoms with Crippen molar-refractivity contribution in [1.29, 1.82) is 0 Å². The molecule has 0 spiro atoms. The van der Waals surface area contributed by atoms with Crippen LogP contribution in [0, 0.1) is 0 Å². The Morgan fingerprint density at radius 2 is 1.41 bits per heavy atom. The molecule has 2 aliphatic rings.